The summed E-state index contributed by atoms with van der Waals surface area (Å²) in [6, 6.07) is 7.62. The van der Waals surface area contributed by atoms with Crippen molar-refractivity contribution in [2.75, 3.05) is 0 Å². The Morgan fingerprint density at radius 3 is 2.19 bits per heavy atom. The van der Waals surface area contributed by atoms with Crippen molar-refractivity contribution in [2.24, 2.45) is 0 Å². The molecule has 0 aliphatic rings. The second kappa shape index (κ2) is 8.17. The number of unbranched alkanes of at least 4 members (excludes halogenated alkanes) is 5. The third-order valence-corrected chi connectivity index (χ3v) is 2.85. The zero-order valence-corrected chi connectivity index (χ0v) is 10.1. The molecule has 1 rings (SSSR count). The molecule has 1 N–H and O–H groups in total. The van der Waals surface area contributed by atoms with Crippen LogP contribution in [0.1, 0.15) is 51.0 Å². The first-order valence-corrected chi connectivity index (χ1v) is 6.27. The van der Waals surface area contributed by atoms with Crippen LogP contribution in [0.5, 0.6) is 5.75 Å². The predicted molar refractivity (Wildman–Crippen MR) is 66.8 cm³/mol. The maximum Gasteiger partial charge on any atom is 0.165 e. The molecule has 0 amide bonds. The van der Waals surface area contributed by atoms with Crippen molar-refractivity contribution >= 4 is 0 Å². The molecule has 0 fully saturated rings. The molecule has 90 valence electrons. The van der Waals surface area contributed by atoms with E-state index < -0.39 is 0 Å². The van der Waals surface area contributed by atoms with Crippen LogP contribution in [0, 0.1) is 0 Å². The summed E-state index contributed by atoms with van der Waals surface area (Å²) in [5.41, 5.74) is 1.32. The van der Waals surface area contributed by atoms with Crippen molar-refractivity contribution < 1.29 is 10.1 Å². The summed E-state index contributed by atoms with van der Waals surface area (Å²) in [7, 11) is 0. The summed E-state index contributed by atoms with van der Waals surface area (Å²) in [6.07, 6.45) is 9.09. The maximum atomic E-state index is 8.43. The van der Waals surface area contributed by atoms with E-state index in [-0.39, 0.29) is 0 Å². The van der Waals surface area contributed by atoms with Gasteiger partial charge in [0.05, 0.1) is 0 Å². The number of hydrogen-bond donors (Lipinski definition) is 1. The first-order valence-electron chi connectivity index (χ1n) is 6.27. The molecule has 0 bridgehead atoms. The first kappa shape index (κ1) is 13.0. The minimum Gasteiger partial charge on any atom is -0.340 e. The predicted octanol–water partition coefficient (Wildman–Crippen LogP) is 4.44. The van der Waals surface area contributed by atoms with E-state index in [0.717, 1.165) is 6.42 Å². The van der Waals surface area contributed by atoms with Gasteiger partial charge in [-0.05, 0) is 30.5 Å². The molecule has 0 radical (unpaired) electrons. The third kappa shape index (κ3) is 5.17. The van der Waals surface area contributed by atoms with Crippen LogP contribution in [-0.2, 0) is 6.42 Å². The van der Waals surface area contributed by atoms with Crippen molar-refractivity contribution in [1.82, 2.24) is 0 Å². The molecule has 0 aliphatic heterocycles. The summed E-state index contributed by atoms with van der Waals surface area (Å²) < 4.78 is 0. The van der Waals surface area contributed by atoms with E-state index in [1.807, 2.05) is 12.1 Å². The van der Waals surface area contributed by atoms with Crippen LogP contribution < -0.4 is 4.89 Å². The van der Waals surface area contributed by atoms with Gasteiger partial charge in [0.1, 0.15) is 0 Å². The van der Waals surface area contributed by atoms with E-state index in [4.69, 9.17) is 5.26 Å². The van der Waals surface area contributed by atoms with Gasteiger partial charge in [-0.3, -0.25) is 0 Å². The maximum absolute atomic E-state index is 8.43. The minimum absolute atomic E-state index is 0.506. The van der Waals surface area contributed by atoms with Crippen LogP contribution in [-0.4, -0.2) is 5.26 Å². The van der Waals surface area contributed by atoms with Crippen LogP contribution in [0.25, 0.3) is 0 Å². The average Bonchev–Trinajstić information content (AvgIpc) is 2.34. The number of benzene rings is 1. The van der Waals surface area contributed by atoms with Gasteiger partial charge in [0.15, 0.2) is 5.75 Å². The monoisotopic (exact) mass is 222 g/mol. The Hall–Kier alpha value is -1.02. The van der Waals surface area contributed by atoms with Gasteiger partial charge in [-0.15, -0.1) is 0 Å². The van der Waals surface area contributed by atoms with Gasteiger partial charge in [-0.1, -0.05) is 51.2 Å². The number of aryl methyl sites for hydroxylation is 1. The molecule has 0 atom stereocenters. The fourth-order valence-corrected chi connectivity index (χ4v) is 1.83. The summed E-state index contributed by atoms with van der Waals surface area (Å²) in [5, 5.41) is 8.43. The Labute approximate surface area is 98.2 Å². The van der Waals surface area contributed by atoms with Crippen LogP contribution in [0.3, 0.4) is 0 Å². The van der Waals surface area contributed by atoms with Crippen LogP contribution in [0.2, 0.25) is 0 Å². The highest BCUT2D eigenvalue weighted by Crippen LogP contribution is 2.14. The van der Waals surface area contributed by atoms with E-state index >= 15 is 0 Å². The lowest BCUT2D eigenvalue weighted by Crippen LogP contribution is -1.88. The molecule has 0 saturated heterocycles. The highest BCUT2D eigenvalue weighted by molar-refractivity contribution is 5.26. The number of hydrogen-bond acceptors (Lipinski definition) is 2. The topological polar surface area (TPSA) is 29.5 Å². The minimum atomic E-state index is 0.506. The SMILES string of the molecule is CCCCCCCCc1ccc(OO)cc1. The van der Waals surface area contributed by atoms with E-state index in [9.17, 15) is 0 Å². The molecule has 2 heteroatoms. The third-order valence-electron chi connectivity index (χ3n) is 2.85. The first-order chi connectivity index (χ1) is 7.86. The smallest absolute Gasteiger partial charge is 0.165 e. The van der Waals surface area contributed by atoms with Crippen LogP contribution >= 0.6 is 0 Å². The summed E-state index contributed by atoms with van der Waals surface area (Å²) >= 11 is 0. The Balaban J connectivity index is 2.12. The van der Waals surface area contributed by atoms with Gasteiger partial charge in [0.25, 0.3) is 0 Å². The zero-order chi connectivity index (χ0) is 11.6. The molecule has 0 heterocycles. The Morgan fingerprint density at radius 1 is 0.938 bits per heavy atom. The lowest BCUT2D eigenvalue weighted by Gasteiger charge is -2.02. The molecular formula is C14H22O2. The average molecular weight is 222 g/mol. The quantitative estimate of drug-likeness (QED) is 0.400. The summed E-state index contributed by atoms with van der Waals surface area (Å²) in [4.78, 5) is 4.14. The van der Waals surface area contributed by atoms with E-state index in [0.29, 0.717) is 5.75 Å². The van der Waals surface area contributed by atoms with Crippen molar-refractivity contribution in [1.29, 1.82) is 0 Å². The highest BCUT2D eigenvalue weighted by atomic mass is 17.1. The molecule has 2 nitrogen and oxygen atoms in total. The largest absolute Gasteiger partial charge is 0.340 e. The molecular weight excluding hydrogens is 200 g/mol. The van der Waals surface area contributed by atoms with Crippen LogP contribution in [0.15, 0.2) is 24.3 Å². The lowest BCUT2D eigenvalue weighted by atomic mass is 10.1. The Bertz CT molecular complexity index is 267. The van der Waals surface area contributed by atoms with Crippen molar-refractivity contribution in [2.45, 2.75) is 51.9 Å². The molecule has 0 saturated carbocycles. The standard InChI is InChI=1S/C14H22O2/c1-2-3-4-5-6-7-8-13-9-11-14(16-15)12-10-13/h9-12,15H,2-8H2,1H3. The van der Waals surface area contributed by atoms with Crippen molar-refractivity contribution in [3.05, 3.63) is 29.8 Å². The fraction of sp³-hybridized carbons (Fsp3) is 0.571. The van der Waals surface area contributed by atoms with E-state index in [1.165, 1.54) is 44.1 Å². The normalized spacial score (nSPS) is 10.4. The van der Waals surface area contributed by atoms with Crippen LogP contribution in [0.4, 0.5) is 0 Å². The van der Waals surface area contributed by atoms with Gasteiger partial charge < -0.3 is 4.89 Å². The molecule has 1 aromatic carbocycles. The lowest BCUT2D eigenvalue weighted by molar-refractivity contribution is -0.137. The van der Waals surface area contributed by atoms with E-state index in [2.05, 4.69) is 11.8 Å². The number of rotatable bonds is 8. The summed E-state index contributed by atoms with van der Waals surface area (Å²) in [5.74, 6) is 0.506. The zero-order valence-electron chi connectivity index (χ0n) is 10.1. The second-order valence-corrected chi connectivity index (χ2v) is 4.25. The molecule has 0 aromatic heterocycles. The highest BCUT2D eigenvalue weighted by Gasteiger charge is 1.96. The molecule has 1 aromatic rings. The van der Waals surface area contributed by atoms with Gasteiger partial charge in [-0.2, -0.15) is 0 Å². The van der Waals surface area contributed by atoms with Gasteiger partial charge >= 0.3 is 0 Å². The molecule has 0 aliphatic carbocycles. The molecule has 0 unspecified atom stereocenters. The van der Waals surface area contributed by atoms with Gasteiger partial charge in [-0.25, -0.2) is 5.26 Å². The van der Waals surface area contributed by atoms with Crippen molar-refractivity contribution in [3.63, 3.8) is 0 Å². The van der Waals surface area contributed by atoms with Crippen molar-refractivity contribution in [3.8, 4) is 5.75 Å². The fourth-order valence-electron chi connectivity index (χ4n) is 1.83. The molecule has 16 heavy (non-hydrogen) atoms. The molecule has 0 spiro atoms. The van der Waals surface area contributed by atoms with Gasteiger partial charge in [0, 0.05) is 0 Å². The Morgan fingerprint density at radius 2 is 1.56 bits per heavy atom. The van der Waals surface area contributed by atoms with E-state index in [1.54, 1.807) is 12.1 Å². The second-order valence-electron chi connectivity index (χ2n) is 4.25. The summed E-state index contributed by atoms with van der Waals surface area (Å²) in [6.45, 7) is 2.24. The van der Waals surface area contributed by atoms with Gasteiger partial charge in [0.2, 0.25) is 0 Å². The Kier molecular flexibility index (Phi) is 6.66.